The second-order valence-electron chi connectivity index (χ2n) is 3.18. The van der Waals surface area contributed by atoms with Crippen LogP contribution >= 0.6 is 15.9 Å². The Bertz CT molecular complexity index is 336. The van der Waals surface area contributed by atoms with Gasteiger partial charge < -0.3 is 9.84 Å². The maximum absolute atomic E-state index is 9.66. The molecule has 0 spiro atoms. The van der Waals surface area contributed by atoms with Crippen molar-refractivity contribution in [2.24, 2.45) is 0 Å². The Morgan fingerprint density at radius 2 is 2.38 bits per heavy atom. The summed E-state index contributed by atoms with van der Waals surface area (Å²) in [5.41, 5.74) is 2.02. The molecule has 0 saturated carbocycles. The van der Waals surface area contributed by atoms with Crippen molar-refractivity contribution in [1.82, 2.24) is 0 Å². The number of aromatic hydroxyl groups is 1. The van der Waals surface area contributed by atoms with Crippen LogP contribution in [0.4, 0.5) is 0 Å². The number of halogens is 1. The lowest BCUT2D eigenvalue weighted by molar-refractivity contribution is 0.329. The van der Waals surface area contributed by atoms with Crippen LogP contribution in [0.2, 0.25) is 0 Å². The van der Waals surface area contributed by atoms with Crippen molar-refractivity contribution in [3.05, 3.63) is 23.3 Å². The number of phenols is 1. The lowest BCUT2D eigenvalue weighted by atomic mass is 10.1. The summed E-state index contributed by atoms with van der Waals surface area (Å²) in [5, 5.41) is 9.67. The number of fused-ring (bicyclic) bond motifs is 1. The molecular formula is C10H11BrO2. The van der Waals surface area contributed by atoms with Gasteiger partial charge in [-0.05, 0) is 40.0 Å². The Balaban J connectivity index is 2.46. The Morgan fingerprint density at radius 1 is 1.62 bits per heavy atom. The lowest BCUT2D eigenvalue weighted by Crippen LogP contribution is -2.00. The zero-order valence-corrected chi connectivity index (χ0v) is 8.97. The van der Waals surface area contributed by atoms with Gasteiger partial charge in [-0.3, -0.25) is 0 Å². The predicted octanol–water partition coefficient (Wildman–Crippen LogP) is 2.61. The Morgan fingerprint density at radius 3 is 3.08 bits per heavy atom. The average Bonchev–Trinajstić information content (AvgIpc) is 2.46. The third kappa shape index (κ3) is 1.53. The maximum Gasteiger partial charge on any atom is 0.157 e. The Hall–Kier alpha value is -0.700. The SMILES string of the molecule is CCc1cc(O)c2c(c1)OC(Br)C2. The monoisotopic (exact) mass is 242 g/mol. The van der Waals surface area contributed by atoms with E-state index in [-0.39, 0.29) is 5.01 Å². The van der Waals surface area contributed by atoms with E-state index in [1.807, 2.05) is 12.1 Å². The van der Waals surface area contributed by atoms with Gasteiger partial charge in [0.15, 0.2) is 5.01 Å². The van der Waals surface area contributed by atoms with E-state index in [0.29, 0.717) is 5.75 Å². The zero-order chi connectivity index (χ0) is 9.42. The first-order valence-electron chi connectivity index (χ1n) is 4.36. The van der Waals surface area contributed by atoms with Gasteiger partial charge in [-0.2, -0.15) is 0 Å². The molecule has 1 N–H and O–H groups in total. The zero-order valence-electron chi connectivity index (χ0n) is 7.38. The summed E-state index contributed by atoms with van der Waals surface area (Å²) in [5.74, 6) is 1.18. The fourth-order valence-corrected chi connectivity index (χ4v) is 2.07. The number of alkyl halides is 1. The molecular weight excluding hydrogens is 232 g/mol. The van der Waals surface area contributed by atoms with Gasteiger partial charge in [0.1, 0.15) is 11.5 Å². The van der Waals surface area contributed by atoms with Gasteiger partial charge in [-0.25, -0.2) is 0 Å². The molecule has 1 aromatic rings. The minimum absolute atomic E-state index is 0.0144. The Labute approximate surface area is 85.7 Å². The first kappa shape index (κ1) is 8.88. The van der Waals surface area contributed by atoms with Crippen molar-refractivity contribution >= 4 is 15.9 Å². The van der Waals surface area contributed by atoms with Crippen molar-refractivity contribution < 1.29 is 9.84 Å². The highest BCUT2D eigenvalue weighted by atomic mass is 79.9. The van der Waals surface area contributed by atoms with Crippen LogP contribution in [0.1, 0.15) is 18.1 Å². The normalized spacial score (nSPS) is 19.7. The molecule has 0 amide bonds. The van der Waals surface area contributed by atoms with Crippen molar-refractivity contribution in [1.29, 1.82) is 0 Å². The number of phenolic OH excluding ortho intramolecular Hbond substituents is 1. The summed E-state index contributed by atoms with van der Waals surface area (Å²) >= 11 is 3.37. The summed E-state index contributed by atoms with van der Waals surface area (Å²) in [6, 6.07) is 3.81. The van der Waals surface area contributed by atoms with Crippen molar-refractivity contribution in [2.45, 2.75) is 24.8 Å². The second-order valence-corrected chi connectivity index (χ2v) is 4.20. The molecule has 3 heteroatoms. The van der Waals surface area contributed by atoms with Gasteiger partial charge in [0.05, 0.1) is 0 Å². The van der Waals surface area contributed by atoms with E-state index in [1.165, 1.54) is 0 Å². The van der Waals surface area contributed by atoms with Gasteiger partial charge in [0, 0.05) is 12.0 Å². The molecule has 1 aromatic carbocycles. The highest BCUT2D eigenvalue weighted by Gasteiger charge is 2.23. The largest absolute Gasteiger partial charge is 0.508 e. The van der Waals surface area contributed by atoms with Crippen LogP contribution < -0.4 is 4.74 Å². The van der Waals surface area contributed by atoms with E-state index < -0.39 is 0 Å². The van der Waals surface area contributed by atoms with Gasteiger partial charge >= 0.3 is 0 Å². The van der Waals surface area contributed by atoms with E-state index in [2.05, 4.69) is 22.9 Å². The number of hydrogen-bond acceptors (Lipinski definition) is 2. The fourth-order valence-electron chi connectivity index (χ4n) is 1.54. The molecule has 0 aliphatic carbocycles. The highest BCUT2D eigenvalue weighted by molar-refractivity contribution is 9.09. The standard InChI is InChI=1S/C10H11BrO2/c1-2-6-3-8(12)7-5-10(11)13-9(7)4-6/h3-4,10,12H,2,5H2,1H3. The topological polar surface area (TPSA) is 29.5 Å². The second kappa shape index (κ2) is 3.22. The number of aryl methyl sites for hydroxylation is 1. The molecule has 0 fully saturated rings. The highest BCUT2D eigenvalue weighted by Crippen LogP contribution is 2.38. The molecule has 2 rings (SSSR count). The number of hydrogen-bond donors (Lipinski definition) is 1. The van der Waals surface area contributed by atoms with Gasteiger partial charge in [0.25, 0.3) is 0 Å². The van der Waals surface area contributed by atoms with E-state index in [9.17, 15) is 5.11 Å². The maximum atomic E-state index is 9.66. The van der Waals surface area contributed by atoms with Crippen molar-refractivity contribution in [2.75, 3.05) is 0 Å². The van der Waals surface area contributed by atoms with Crippen LogP contribution in [-0.4, -0.2) is 10.1 Å². The van der Waals surface area contributed by atoms with Crippen LogP contribution in [0.3, 0.4) is 0 Å². The van der Waals surface area contributed by atoms with E-state index in [4.69, 9.17) is 4.74 Å². The molecule has 1 atom stereocenters. The third-order valence-electron chi connectivity index (χ3n) is 2.27. The first-order valence-corrected chi connectivity index (χ1v) is 5.27. The first-order chi connectivity index (χ1) is 6.20. The molecule has 70 valence electrons. The van der Waals surface area contributed by atoms with Crippen molar-refractivity contribution in [3.63, 3.8) is 0 Å². The molecule has 0 bridgehead atoms. The minimum Gasteiger partial charge on any atom is -0.508 e. The number of ether oxygens (including phenoxy) is 1. The molecule has 0 radical (unpaired) electrons. The van der Waals surface area contributed by atoms with Crippen molar-refractivity contribution in [3.8, 4) is 11.5 Å². The molecule has 2 nitrogen and oxygen atoms in total. The third-order valence-corrected chi connectivity index (χ3v) is 2.78. The smallest absolute Gasteiger partial charge is 0.157 e. The van der Waals surface area contributed by atoms with Crippen LogP contribution in [0.5, 0.6) is 11.5 Å². The van der Waals surface area contributed by atoms with Gasteiger partial charge in [-0.15, -0.1) is 0 Å². The van der Waals surface area contributed by atoms with Gasteiger partial charge in [-0.1, -0.05) is 6.92 Å². The molecule has 1 unspecified atom stereocenters. The molecule has 1 heterocycles. The van der Waals surface area contributed by atoms with E-state index in [1.54, 1.807) is 0 Å². The summed E-state index contributed by atoms with van der Waals surface area (Å²) in [6.45, 7) is 2.06. The minimum atomic E-state index is 0.0144. The molecule has 0 aromatic heterocycles. The van der Waals surface area contributed by atoms with E-state index >= 15 is 0 Å². The average molecular weight is 243 g/mol. The summed E-state index contributed by atoms with van der Waals surface area (Å²) in [7, 11) is 0. The van der Waals surface area contributed by atoms with Crippen LogP contribution in [0, 0.1) is 0 Å². The van der Waals surface area contributed by atoms with E-state index in [0.717, 1.165) is 29.7 Å². The summed E-state index contributed by atoms with van der Waals surface area (Å²) < 4.78 is 5.49. The van der Waals surface area contributed by atoms with Crippen LogP contribution in [0.25, 0.3) is 0 Å². The Kier molecular flexibility index (Phi) is 2.20. The molecule has 0 saturated heterocycles. The van der Waals surface area contributed by atoms with Gasteiger partial charge in [0.2, 0.25) is 0 Å². The lowest BCUT2D eigenvalue weighted by Gasteiger charge is -2.04. The number of rotatable bonds is 1. The quantitative estimate of drug-likeness (QED) is 0.768. The summed E-state index contributed by atoms with van der Waals surface area (Å²) in [4.78, 5) is 0. The predicted molar refractivity (Wildman–Crippen MR) is 54.5 cm³/mol. The van der Waals surface area contributed by atoms with Crippen LogP contribution in [0.15, 0.2) is 12.1 Å². The number of benzene rings is 1. The molecule has 1 aliphatic heterocycles. The molecule has 1 aliphatic rings. The summed E-state index contributed by atoms with van der Waals surface area (Å²) in [6.07, 6.45) is 1.66. The van der Waals surface area contributed by atoms with Crippen LogP contribution in [-0.2, 0) is 12.8 Å². The molecule has 13 heavy (non-hydrogen) atoms. The fraction of sp³-hybridized carbons (Fsp3) is 0.400.